The summed E-state index contributed by atoms with van der Waals surface area (Å²) in [5, 5.41) is 9.40. The van der Waals surface area contributed by atoms with E-state index >= 15 is 0 Å². The van der Waals surface area contributed by atoms with Gasteiger partial charge in [-0.15, -0.1) is 10.2 Å². The maximum atomic E-state index is 5.86. The Morgan fingerprint density at radius 1 is 1.50 bits per heavy atom. The largest absolute Gasteiger partial charge is 0.367 e. The lowest BCUT2D eigenvalue weighted by atomic mass is 10.0. The van der Waals surface area contributed by atoms with Crippen LogP contribution in [0.1, 0.15) is 50.3 Å². The predicted octanol–water partition coefficient (Wildman–Crippen LogP) is 2.53. The van der Waals surface area contributed by atoms with E-state index in [1.54, 1.807) is 0 Å². The van der Waals surface area contributed by atoms with Crippen molar-refractivity contribution in [3.05, 3.63) is 11.6 Å². The van der Waals surface area contributed by atoms with E-state index < -0.39 is 0 Å². The zero-order chi connectivity index (χ0) is 11.2. The first-order valence-electron chi connectivity index (χ1n) is 5.89. The van der Waals surface area contributed by atoms with Crippen LogP contribution in [-0.2, 0) is 15.7 Å². The summed E-state index contributed by atoms with van der Waals surface area (Å²) in [4.78, 5) is 0. The summed E-state index contributed by atoms with van der Waals surface area (Å²) in [6, 6.07) is 0.610. The lowest BCUT2D eigenvalue weighted by Gasteiger charge is -2.23. The Hall–Kier alpha value is -0.420. The van der Waals surface area contributed by atoms with Crippen LogP contribution in [0.3, 0.4) is 0 Å². The number of ether oxygens (including phenoxy) is 1. The van der Waals surface area contributed by atoms with E-state index in [4.69, 9.17) is 4.74 Å². The van der Waals surface area contributed by atoms with Gasteiger partial charge in [0, 0.05) is 12.6 Å². The fraction of sp³-hybridized carbons (Fsp3) is 0.818. The fourth-order valence-corrected chi connectivity index (χ4v) is 2.83. The van der Waals surface area contributed by atoms with Crippen molar-refractivity contribution in [3.8, 4) is 0 Å². The van der Waals surface area contributed by atoms with Crippen molar-refractivity contribution in [2.24, 2.45) is 0 Å². The van der Waals surface area contributed by atoms with Crippen LogP contribution in [0.25, 0.3) is 0 Å². The molecule has 1 aromatic heterocycles. The lowest BCUT2D eigenvalue weighted by Crippen LogP contribution is -2.25. The minimum absolute atomic E-state index is 0.212. The summed E-state index contributed by atoms with van der Waals surface area (Å²) >= 11 is 3.48. The minimum Gasteiger partial charge on any atom is -0.367 e. The van der Waals surface area contributed by atoms with Crippen LogP contribution in [0.5, 0.6) is 0 Å². The van der Waals surface area contributed by atoms with E-state index in [-0.39, 0.29) is 5.60 Å². The van der Waals surface area contributed by atoms with Crippen molar-refractivity contribution in [1.82, 2.24) is 14.8 Å². The molecule has 0 bridgehead atoms. The predicted molar refractivity (Wildman–Crippen MR) is 63.5 cm³/mol. The van der Waals surface area contributed by atoms with Gasteiger partial charge >= 0.3 is 0 Å². The Morgan fingerprint density at radius 2 is 2.31 bits per heavy atom. The van der Waals surface area contributed by atoms with Gasteiger partial charge in [-0.3, -0.25) is 0 Å². The standard InChI is InChI=1S/C11H16BrN3O/c1-11(5-2-6-16-11)10-14-13-9(7-12)15(10)8-3-4-8/h8H,2-7H2,1H3. The summed E-state index contributed by atoms with van der Waals surface area (Å²) < 4.78 is 8.16. The maximum absolute atomic E-state index is 5.86. The van der Waals surface area contributed by atoms with Crippen LogP contribution in [0.15, 0.2) is 0 Å². The Kier molecular flexibility index (Phi) is 2.55. The molecule has 1 atom stereocenters. The number of alkyl halides is 1. The van der Waals surface area contributed by atoms with Crippen molar-refractivity contribution in [2.75, 3.05) is 6.61 Å². The SMILES string of the molecule is CC1(c2nnc(CBr)n2C2CC2)CCCO1. The summed E-state index contributed by atoms with van der Waals surface area (Å²) in [6.07, 6.45) is 4.68. The first kappa shape index (κ1) is 10.7. The van der Waals surface area contributed by atoms with Crippen molar-refractivity contribution in [3.63, 3.8) is 0 Å². The van der Waals surface area contributed by atoms with Crippen LogP contribution in [-0.4, -0.2) is 21.4 Å². The Bertz CT molecular complexity index is 394. The molecule has 1 unspecified atom stereocenters. The maximum Gasteiger partial charge on any atom is 0.165 e. The van der Waals surface area contributed by atoms with E-state index in [0.717, 1.165) is 36.4 Å². The van der Waals surface area contributed by atoms with E-state index in [0.29, 0.717) is 6.04 Å². The molecule has 0 radical (unpaired) electrons. The highest BCUT2D eigenvalue weighted by Gasteiger charge is 2.40. The van der Waals surface area contributed by atoms with Crippen LogP contribution in [0.2, 0.25) is 0 Å². The van der Waals surface area contributed by atoms with Crippen LogP contribution in [0.4, 0.5) is 0 Å². The average molecular weight is 286 g/mol. The molecule has 1 aliphatic heterocycles. The lowest BCUT2D eigenvalue weighted by molar-refractivity contribution is 0.00604. The molecule has 0 amide bonds. The molecule has 2 aliphatic rings. The summed E-state index contributed by atoms with van der Waals surface area (Å²) in [5.41, 5.74) is -0.212. The molecule has 16 heavy (non-hydrogen) atoms. The van der Waals surface area contributed by atoms with Gasteiger partial charge in [-0.25, -0.2) is 0 Å². The van der Waals surface area contributed by atoms with Gasteiger partial charge < -0.3 is 9.30 Å². The first-order valence-corrected chi connectivity index (χ1v) is 7.01. The number of nitrogens with zero attached hydrogens (tertiary/aromatic N) is 3. The average Bonchev–Trinajstić information content (AvgIpc) is 2.87. The Morgan fingerprint density at radius 3 is 2.88 bits per heavy atom. The third-order valence-corrected chi connectivity index (χ3v) is 3.99. The van der Waals surface area contributed by atoms with Crippen molar-refractivity contribution in [2.45, 2.75) is 49.6 Å². The monoisotopic (exact) mass is 285 g/mol. The number of aromatic nitrogens is 3. The van der Waals surface area contributed by atoms with E-state index in [2.05, 4.69) is 37.6 Å². The second kappa shape index (κ2) is 3.81. The molecule has 88 valence electrons. The highest BCUT2D eigenvalue weighted by Crippen LogP contribution is 2.42. The zero-order valence-corrected chi connectivity index (χ0v) is 11.0. The van der Waals surface area contributed by atoms with E-state index in [1.165, 1.54) is 12.8 Å². The first-order chi connectivity index (χ1) is 7.74. The highest BCUT2D eigenvalue weighted by atomic mass is 79.9. The van der Waals surface area contributed by atoms with Gasteiger partial charge in [-0.05, 0) is 32.6 Å². The molecule has 2 fully saturated rings. The number of hydrogen-bond donors (Lipinski definition) is 0. The van der Waals surface area contributed by atoms with Gasteiger partial charge in [-0.1, -0.05) is 15.9 Å². The molecular formula is C11H16BrN3O. The molecule has 0 aromatic carbocycles. The smallest absolute Gasteiger partial charge is 0.165 e. The molecule has 5 heteroatoms. The van der Waals surface area contributed by atoms with Gasteiger partial charge in [0.25, 0.3) is 0 Å². The molecule has 4 nitrogen and oxygen atoms in total. The second-order valence-corrected chi connectivity index (χ2v) is 5.42. The quantitative estimate of drug-likeness (QED) is 0.802. The number of hydrogen-bond acceptors (Lipinski definition) is 3. The van der Waals surface area contributed by atoms with Crippen LogP contribution < -0.4 is 0 Å². The third-order valence-electron chi connectivity index (χ3n) is 3.49. The van der Waals surface area contributed by atoms with E-state index in [9.17, 15) is 0 Å². The molecule has 1 aromatic rings. The van der Waals surface area contributed by atoms with E-state index in [1.807, 2.05) is 0 Å². The fourth-order valence-electron chi connectivity index (χ4n) is 2.45. The molecule has 0 N–H and O–H groups in total. The zero-order valence-electron chi connectivity index (χ0n) is 9.45. The molecule has 1 saturated heterocycles. The normalized spacial score (nSPS) is 29.9. The van der Waals surface area contributed by atoms with Gasteiger partial charge in [0.15, 0.2) is 5.82 Å². The van der Waals surface area contributed by atoms with Crippen molar-refractivity contribution in [1.29, 1.82) is 0 Å². The van der Waals surface area contributed by atoms with Gasteiger partial charge in [-0.2, -0.15) is 0 Å². The van der Waals surface area contributed by atoms with Gasteiger partial charge in [0.05, 0.1) is 5.33 Å². The summed E-state index contributed by atoms with van der Waals surface area (Å²) in [7, 11) is 0. The topological polar surface area (TPSA) is 39.9 Å². The summed E-state index contributed by atoms with van der Waals surface area (Å²) in [6.45, 7) is 2.98. The molecular weight excluding hydrogens is 270 g/mol. The second-order valence-electron chi connectivity index (χ2n) is 4.86. The number of halogens is 1. The third kappa shape index (κ3) is 1.61. The Balaban J connectivity index is 2.02. The van der Waals surface area contributed by atoms with Gasteiger partial charge in [0.2, 0.25) is 0 Å². The van der Waals surface area contributed by atoms with Crippen molar-refractivity contribution >= 4 is 15.9 Å². The Labute approximate surface area is 104 Å². The summed E-state index contributed by atoms with van der Waals surface area (Å²) in [5.74, 6) is 2.07. The molecule has 1 saturated carbocycles. The highest BCUT2D eigenvalue weighted by molar-refractivity contribution is 9.08. The van der Waals surface area contributed by atoms with Crippen LogP contribution >= 0.6 is 15.9 Å². The van der Waals surface area contributed by atoms with Gasteiger partial charge in [0.1, 0.15) is 11.4 Å². The molecule has 2 heterocycles. The molecule has 0 spiro atoms. The molecule has 1 aliphatic carbocycles. The van der Waals surface area contributed by atoms with Crippen LogP contribution in [0, 0.1) is 0 Å². The number of rotatable bonds is 3. The van der Waals surface area contributed by atoms with Crippen molar-refractivity contribution < 1.29 is 4.74 Å². The molecule has 3 rings (SSSR count). The minimum atomic E-state index is -0.212.